The molecule has 0 rings (SSSR count). The van der Waals surface area contributed by atoms with Crippen LogP contribution < -0.4 is 0 Å². The zero-order chi connectivity index (χ0) is 16.4. The van der Waals surface area contributed by atoms with Crippen LogP contribution in [-0.2, 0) is 9.53 Å². The van der Waals surface area contributed by atoms with Gasteiger partial charge in [0.1, 0.15) is 11.7 Å². The number of aliphatic hydroxyl groups is 2. The van der Waals surface area contributed by atoms with Crippen LogP contribution >= 0.6 is 0 Å². The summed E-state index contributed by atoms with van der Waals surface area (Å²) in [6, 6.07) is 0. The second kappa shape index (κ2) is 6.10. The van der Waals surface area contributed by atoms with Gasteiger partial charge in [0.05, 0.1) is 11.0 Å². The average Bonchev–Trinajstić information content (AvgIpc) is 2.22. The summed E-state index contributed by atoms with van der Waals surface area (Å²) in [6.07, 6.45) is 2.09. The van der Waals surface area contributed by atoms with Gasteiger partial charge in [-0.25, -0.2) is 0 Å². The van der Waals surface area contributed by atoms with E-state index in [1.165, 1.54) is 12.2 Å². The van der Waals surface area contributed by atoms with E-state index >= 15 is 0 Å². The van der Waals surface area contributed by atoms with E-state index in [0.717, 1.165) is 0 Å². The summed E-state index contributed by atoms with van der Waals surface area (Å²) in [5, 5.41) is 20.4. The van der Waals surface area contributed by atoms with Gasteiger partial charge in [0.15, 0.2) is 0 Å². The van der Waals surface area contributed by atoms with Gasteiger partial charge in [0, 0.05) is 0 Å². The highest BCUT2D eigenvalue weighted by atomic mass is 16.6. The summed E-state index contributed by atoms with van der Waals surface area (Å²) in [6.45, 7) is 15.4. The number of esters is 1. The molecule has 0 aromatic carbocycles. The molecule has 0 aliphatic rings. The number of carbonyl (C=O) groups is 1. The molecule has 2 atom stereocenters. The van der Waals surface area contributed by atoms with Crippen molar-refractivity contribution in [2.24, 2.45) is 5.41 Å². The van der Waals surface area contributed by atoms with Crippen molar-refractivity contribution in [3.63, 3.8) is 0 Å². The Labute approximate surface area is 122 Å². The second-order valence-electron chi connectivity index (χ2n) is 6.89. The highest BCUT2D eigenvalue weighted by Crippen LogP contribution is 2.27. The number of hydrogen-bond donors (Lipinski definition) is 2. The molecule has 0 fully saturated rings. The third-order valence-electron chi connectivity index (χ3n) is 2.94. The molecule has 116 valence electrons. The fourth-order valence-electron chi connectivity index (χ4n) is 1.38. The van der Waals surface area contributed by atoms with Crippen LogP contribution in [0.5, 0.6) is 0 Å². The minimum absolute atomic E-state index is 0.402. The fraction of sp³-hybridized carbons (Fsp3) is 0.688. The summed E-state index contributed by atoms with van der Waals surface area (Å²) in [4.78, 5) is 11.9. The third kappa shape index (κ3) is 5.47. The maximum atomic E-state index is 11.9. The SMILES string of the molecule is C=C(C)C(O)(/C=C\C(C)(C)O)[C@@H](C)OC(=O)C(C)(C)C. The Balaban J connectivity index is 5.24. The van der Waals surface area contributed by atoms with Gasteiger partial charge in [0.25, 0.3) is 0 Å². The Morgan fingerprint density at radius 2 is 1.60 bits per heavy atom. The van der Waals surface area contributed by atoms with Crippen molar-refractivity contribution >= 4 is 5.97 Å². The second-order valence-corrected chi connectivity index (χ2v) is 6.89. The maximum Gasteiger partial charge on any atom is 0.311 e. The summed E-state index contributed by atoms with van der Waals surface area (Å²) in [5.74, 6) is -0.402. The lowest BCUT2D eigenvalue weighted by Gasteiger charge is -2.33. The van der Waals surface area contributed by atoms with Crippen molar-refractivity contribution in [3.8, 4) is 0 Å². The molecule has 0 saturated heterocycles. The van der Waals surface area contributed by atoms with Gasteiger partial charge in [-0.05, 0) is 60.1 Å². The zero-order valence-corrected chi connectivity index (χ0v) is 13.7. The van der Waals surface area contributed by atoms with Crippen LogP contribution in [0.2, 0.25) is 0 Å². The van der Waals surface area contributed by atoms with Gasteiger partial charge >= 0.3 is 5.97 Å². The van der Waals surface area contributed by atoms with Crippen LogP contribution in [0.1, 0.15) is 48.5 Å². The summed E-state index contributed by atoms with van der Waals surface area (Å²) in [7, 11) is 0. The number of ether oxygens (including phenoxy) is 1. The number of hydrogen-bond acceptors (Lipinski definition) is 4. The number of carbonyl (C=O) groups excluding carboxylic acids is 1. The van der Waals surface area contributed by atoms with Crippen LogP contribution in [0.25, 0.3) is 0 Å². The van der Waals surface area contributed by atoms with Crippen LogP contribution in [0.3, 0.4) is 0 Å². The van der Waals surface area contributed by atoms with Gasteiger partial charge in [0.2, 0.25) is 0 Å². The van der Waals surface area contributed by atoms with Crippen molar-refractivity contribution in [2.75, 3.05) is 0 Å². The van der Waals surface area contributed by atoms with Gasteiger partial charge in [-0.1, -0.05) is 12.7 Å². The van der Waals surface area contributed by atoms with Gasteiger partial charge in [-0.2, -0.15) is 0 Å². The predicted molar refractivity (Wildman–Crippen MR) is 80.2 cm³/mol. The Morgan fingerprint density at radius 1 is 1.15 bits per heavy atom. The fourth-order valence-corrected chi connectivity index (χ4v) is 1.38. The molecule has 2 N–H and O–H groups in total. The van der Waals surface area contributed by atoms with Crippen molar-refractivity contribution in [1.29, 1.82) is 0 Å². The first-order valence-corrected chi connectivity index (χ1v) is 6.72. The normalized spacial score (nSPS) is 17.6. The average molecular weight is 284 g/mol. The molecule has 0 bridgehead atoms. The van der Waals surface area contributed by atoms with E-state index in [9.17, 15) is 15.0 Å². The molecular weight excluding hydrogens is 256 g/mol. The van der Waals surface area contributed by atoms with E-state index in [2.05, 4.69) is 6.58 Å². The monoisotopic (exact) mass is 284 g/mol. The van der Waals surface area contributed by atoms with Gasteiger partial charge in [-0.15, -0.1) is 0 Å². The molecule has 0 radical (unpaired) electrons. The van der Waals surface area contributed by atoms with Crippen LogP contribution in [0.15, 0.2) is 24.3 Å². The highest BCUT2D eigenvalue weighted by Gasteiger charge is 2.37. The predicted octanol–water partition coefficient (Wildman–Crippen LogP) is 2.60. The van der Waals surface area contributed by atoms with Gasteiger partial charge in [-0.3, -0.25) is 4.79 Å². The minimum atomic E-state index is -1.51. The Kier molecular flexibility index (Phi) is 5.76. The van der Waals surface area contributed by atoms with Crippen molar-refractivity contribution in [1.82, 2.24) is 0 Å². The topological polar surface area (TPSA) is 66.8 Å². The molecule has 0 aromatic heterocycles. The van der Waals surface area contributed by atoms with E-state index in [4.69, 9.17) is 4.74 Å². The smallest absolute Gasteiger partial charge is 0.311 e. The third-order valence-corrected chi connectivity index (χ3v) is 2.94. The molecule has 0 aliphatic carbocycles. The molecule has 0 saturated carbocycles. The Bertz CT molecular complexity index is 396. The first kappa shape index (κ1) is 18.9. The molecule has 0 amide bonds. The van der Waals surface area contributed by atoms with Crippen molar-refractivity contribution < 1.29 is 19.7 Å². The zero-order valence-electron chi connectivity index (χ0n) is 13.7. The van der Waals surface area contributed by atoms with Crippen LogP contribution in [0, 0.1) is 5.41 Å². The largest absolute Gasteiger partial charge is 0.458 e. The standard InChI is InChI=1S/C16H28O4/c1-11(2)16(19,10-9-15(7,8)18)12(3)20-13(17)14(4,5)6/h9-10,12,18-19H,1H2,2-8H3/b10-9-/t12-,16?/m1/s1. The maximum absolute atomic E-state index is 11.9. The first-order chi connectivity index (χ1) is 8.70. The summed E-state index contributed by atoms with van der Waals surface area (Å²) in [5.41, 5.74) is -2.80. The molecule has 4 heteroatoms. The Hall–Kier alpha value is -1.13. The van der Waals surface area contributed by atoms with Crippen molar-refractivity contribution in [2.45, 2.75) is 65.8 Å². The van der Waals surface area contributed by atoms with Crippen molar-refractivity contribution in [3.05, 3.63) is 24.3 Å². The molecule has 0 aromatic rings. The molecule has 0 aliphatic heterocycles. The Morgan fingerprint density at radius 3 is 1.90 bits per heavy atom. The molecule has 0 spiro atoms. The quantitative estimate of drug-likeness (QED) is 0.601. The van der Waals surface area contributed by atoms with Crippen LogP contribution in [-0.4, -0.2) is 33.5 Å². The lowest BCUT2D eigenvalue weighted by atomic mass is 9.88. The van der Waals surface area contributed by atoms with E-state index in [-0.39, 0.29) is 0 Å². The van der Waals surface area contributed by atoms with E-state index in [1.807, 2.05) is 0 Å². The van der Waals surface area contributed by atoms with Gasteiger partial charge < -0.3 is 14.9 Å². The molecular formula is C16H28O4. The molecule has 20 heavy (non-hydrogen) atoms. The summed E-state index contributed by atoms with van der Waals surface area (Å²) < 4.78 is 5.32. The lowest BCUT2D eigenvalue weighted by molar-refractivity contribution is -0.165. The minimum Gasteiger partial charge on any atom is -0.458 e. The van der Waals surface area contributed by atoms with Crippen LogP contribution in [0.4, 0.5) is 0 Å². The molecule has 0 heterocycles. The van der Waals surface area contributed by atoms with E-state index in [1.54, 1.807) is 48.5 Å². The summed E-state index contributed by atoms with van der Waals surface area (Å²) >= 11 is 0. The molecule has 1 unspecified atom stereocenters. The van der Waals surface area contributed by atoms with E-state index < -0.39 is 28.7 Å². The number of rotatable bonds is 5. The highest BCUT2D eigenvalue weighted by molar-refractivity contribution is 5.75. The van der Waals surface area contributed by atoms with E-state index in [0.29, 0.717) is 5.57 Å². The molecule has 4 nitrogen and oxygen atoms in total. The first-order valence-electron chi connectivity index (χ1n) is 6.72. The lowest BCUT2D eigenvalue weighted by Crippen LogP contribution is -2.44.